The highest BCUT2D eigenvalue weighted by Crippen LogP contribution is 2.22. The third kappa shape index (κ3) is 4.01. The van der Waals surface area contributed by atoms with Crippen molar-refractivity contribution >= 4 is 24.3 Å². The lowest BCUT2D eigenvalue weighted by molar-refractivity contribution is -0.136. The quantitative estimate of drug-likeness (QED) is 0.797. The predicted molar refractivity (Wildman–Crippen MR) is 104 cm³/mol. The molecule has 2 heterocycles. The summed E-state index contributed by atoms with van der Waals surface area (Å²) in [5, 5.41) is 0. The van der Waals surface area contributed by atoms with E-state index in [0.29, 0.717) is 31.9 Å². The molecule has 1 aromatic heterocycles. The molecule has 5 nitrogen and oxygen atoms in total. The van der Waals surface area contributed by atoms with Crippen LogP contribution in [-0.2, 0) is 4.79 Å². The highest BCUT2D eigenvalue weighted by atomic mass is 35.5. The second kappa shape index (κ2) is 9.03. The van der Waals surface area contributed by atoms with Crippen LogP contribution in [0, 0.1) is 11.7 Å². The molecule has 2 aromatic rings. The molecule has 1 aliphatic heterocycles. The van der Waals surface area contributed by atoms with Crippen molar-refractivity contribution in [3.8, 4) is 5.69 Å². The van der Waals surface area contributed by atoms with Gasteiger partial charge in [-0.15, -0.1) is 12.4 Å². The summed E-state index contributed by atoms with van der Waals surface area (Å²) in [6, 6.07) is 6.69. The Kier molecular flexibility index (Phi) is 7.03. The van der Waals surface area contributed by atoms with Crippen LogP contribution in [0.2, 0.25) is 0 Å². The Morgan fingerprint density at radius 1 is 1.15 bits per heavy atom. The second-order valence-corrected chi connectivity index (χ2v) is 6.37. The summed E-state index contributed by atoms with van der Waals surface area (Å²) in [5.74, 6) is 0.818. The van der Waals surface area contributed by atoms with Gasteiger partial charge in [0.2, 0.25) is 11.9 Å². The summed E-state index contributed by atoms with van der Waals surface area (Å²) in [4.78, 5) is 21.0. The molecule has 1 saturated heterocycles. The van der Waals surface area contributed by atoms with E-state index in [0.717, 1.165) is 18.8 Å². The molecule has 26 heavy (non-hydrogen) atoms. The Bertz CT molecular complexity index is 724. The number of amides is 1. The van der Waals surface area contributed by atoms with Gasteiger partial charge in [-0.2, -0.15) is 0 Å². The van der Waals surface area contributed by atoms with E-state index in [1.54, 1.807) is 29.1 Å². The zero-order valence-corrected chi connectivity index (χ0v) is 16.1. The van der Waals surface area contributed by atoms with Gasteiger partial charge in [0, 0.05) is 44.5 Å². The number of hydrogen-bond acceptors (Lipinski definition) is 3. The van der Waals surface area contributed by atoms with Gasteiger partial charge in [-0.05, 0) is 25.0 Å². The number of anilines is 1. The van der Waals surface area contributed by atoms with Crippen LogP contribution in [0.5, 0.6) is 0 Å². The van der Waals surface area contributed by atoms with Crippen molar-refractivity contribution < 1.29 is 9.18 Å². The van der Waals surface area contributed by atoms with Gasteiger partial charge in [0.25, 0.3) is 0 Å². The Hall–Kier alpha value is -2.08. The van der Waals surface area contributed by atoms with E-state index in [1.807, 2.05) is 11.0 Å². The molecule has 1 aliphatic rings. The minimum Gasteiger partial charge on any atom is -0.339 e. The van der Waals surface area contributed by atoms with Crippen LogP contribution in [-0.4, -0.2) is 46.5 Å². The van der Waals surface area contributed by atoms with E-state index >= 15 is 0 Å². The number of imidazole rings is 1. The van der Waals surface area contributed by atoms with Crippen LogP contribution in [0.15, 0.2) is 36.7 Å². The van der Waals surface area contributed by atoms with Crippen molar-refractivity contribution in [1.29, 1.82) is 0 Å². The van der Waals surface area contributed by atoms with Gasteiger partial charge in [-0.1, -0.05) is 26.0 Å². The zero-order valence-electron chi connectivity index (χ0n) is 15.3. The molecule has 7 heteroatoms. The molecule has 0 saturated carbocycles. The summed E-state index contributed by atoms with van der Waals surface area (Å²) < 4.78 is 15.9. The fourth-order valence-electron chi connectivity index (χ4n) is 3.39. The highest BCUT2D eigenvalue weighted by molar-refractivity contribution is 5.85. The molecular weight excluding hydrogens is 355 g/mol. The molecule has 0 aliphatic carbocycles. The normalized spacial score (nSPS) is 14.5. The average Bonchev–Trinajstić information content (AvgIpc) is 3.12. The topological polar surface area (TPSA) is 41.4 Å². The third-order valence-electron chi connectivity index (χ3n) is 4.94. The monoisotopic (exact) mass is 380 g/mol. The van der Waals surface area contributed by atoms with Crippen molar-refractivity contribution in [2.24, 2.45) is 5.92 Å². The molecule has 3 rings (SSSR count). The SMILES string of the molecule is CCC(CC)C(=O)N1CCN(c2nccn2-c2ccccc2F)CC1.Cl. The van der Waals surface area contributed by atoms with E-state index in [1.165, 1.54) is 6.07 Å². The summed E-state index contributed by atoms with van der Waals surface area (Å²) in [6.45, 7) is 6.90. The maximum atomic E-state index is 14.1. The van der Waals surface area contributed by atoms with Crippen LogP contribution >= 0.6 is 12.4 Å². The molecule has 1 fully saturated rings. The predicted octanol–water partition coefficient (Wildman–Crippen LogP) is 3.52. The first kappa shape index (κ1) is 20.2. The number of piperazine rings is 1. The fourth-order valence-corrected chi connectivity index (χ4v) is 3.39. The zero-order chi connectivity index (χ0) is 17.8. The first-order valence-electron chi connectivity index (χ1n) is 8.97. The summed E-state index contributed by atoms with van der Waals surface area (Å²) >= 11 is 0. The molecule has 142 valence electrons. The molecule has 0 N–H and O–H groups in total. The third-order valence-corrected chi connectivity index (χ3v) is 4.94. The number of carbonyl (C=O) groups excluding carboxylic acids is 1. The number of halogens is 2. The minimum absolute atomic E-state index is 0. The molecule has 1 aromatic carbocycles. The van der Waals surface area contributed by atoms with Crippen molar-refractivity contribution in [3.63, 3.8) is 0 Å². The average molecular weight is 381 g/mol. The van der Waals surface area contributed by atoms with Crippen molar-refractivity contribution in [2.75, 3.05) is 31.1 Å². The Labute approximate surface area is 160 Å². The number of benzene rings is 1. The largest absolute Gasteiger partial charge is 0.339 e. The smallest absolute Gasteiger partial charge is 0.225 e. The van der Waals surface area contributed by atoms with Gasteiger partial charge in [-0.3, -0.25) is 9.36 Å². The number of rotatable bonds is 5. The number of hydrogen-bond donors (Lipinski definition) is 0. The molecular formula is C19H26ClFN4O. The fraction of sp³-hybridized carbons (Fsp3) is 0.474. The van der Waals surface area contributed by atoms with Crippen molar-refractivity contribution in [2.45, 2.75) is 26.7 Å². The highest BCUT2D eigenvalue weighted by Gasteiger charge is 2.27. The number of carbonyl (C=O) groups is 1. The van der Waals surface area contributed by atoms with Gasteiger partial charge < -0.3 is 9.80 Å². The van der Waals surface area contributed by atoms with Crippen molar-refractivity contribution in [3.05, 3.63) is 42.5 Å². The Morgan fingerprint density at radius 2 is 1.81 bits per heavy atom. The first-order valence-corrected chi connectivity index (χ1v) is 8.97. The summed E-state index contributed by atoms with van der Waals surface area (Å²) in [6.07, 6.45) is 5.22. The first-order chi connectivity index (χ1) is 12.2. The Morgan fingerprint density at radius 3 is 2.42 bits per heavy atom. The number of nitrogens with zero attached hydrogens (tertiary/aromatic N) is 4. The van der Waals surface area contributed by atoms with Gasteiger partial charge in [-0.25, -0.2) is 9.37 Å². The molecule has 0 atom stereocenters. The van der Waals surface area contributed by atoms with Gasteiger partial charge in [0.1, 0.15) is 5.82 Å². The maximum absolute atomic E-state index is 14.1. The number of aromatic nitrogens is 2. The lowest BCUT2D eigenvalue weighted by atomic mass is 10.0. The van der Waals surface area contributed by atoms with E-state index < -0.39 is 0 Å². The molecule has 0 radical (unpaired) electrons. The van der Waals surface area contributed by atoms with Gasteiger partial charge in [0.05, 0.1) is 5.69 Å². The van der Waals surface area contributed by atoms with Crippen LogP contribution < -0.4 is 4.90 Å². The molecule has 0 unspecified atom stereocenters. The summed E-state index contributed by atoms with van der Waals surface area (Å²) in [7, 11) is 0. The number of para-hydroxylation sites is 1. The van der Waals surface area contributed by atoms with Crippen LogP contribution in [0.1, 0.15) is 26.7 Å². The Balaban J connectivity index is 0.00000243. The maximum Gasteiger partial charge on any atom is 0.225 e. The van der Waals surface area contributed by atoms with Crippen LogP contribution in [0.4, 0.5) is 10.3 Å². The summed E-state index contributed by atoms with van der Waals surface area (Å²) in [5.41, 5.74) is 0.491. The molecule has 0 spiro atoms. The van der Waals surface area contributed by atoms with Gasteiger partial charge in [0.15, 0.2) is 0 Å². The van der Waals surface area contributed by atoms with Crippen LogP contribution in [0.25, 0.3) is 5.69 Å². The minimum atomic E-state index is -0.274. The lowest BCUT2D eigenvalue weighted by Crippen LogP contribution is -2.51. The van der Waals surface area contributed by atoms with E-state index in [4.69, 9.17) is 0 Å². The molecule has 1 amide bonds. The second-order valence-electron chi connectivity index (χ2n) is 6.37. The van der Waals surface area contributed by atoms with E-state index in [-0.39, 0.29) is 30.0 Å². The molecule has 0 bridgehead atoms. The standard InChI is InChI=1S/C19H25FN4O.ClH/c1-3-15(4-2)18(25)22-11-13-23(14-12-22)19-21-9-10-24(19)17-8-6-5-7-16(17)20;/h5-10,15H,3-4,11-14H2,1-2H3;1H. The van der Waals surface area contributed by atoms with Gasteiger partial charge >= 0.3 is 0 Å². The van der Waals surface area contributed by atoms with E-state index in [2.05, 4.69) is 23.7 Å². The lowest BCUT2D eigenvalue weighted by Gasteiger charge is -2.36. The van der Waals surface area contributed by atoms with Crippen molar-refractivity contribution in [1.82, 2.24) is 14.5 Å². The van der Waals surface area contributed by atoms with Crippen LogP contribution in [0.3, 0.4) is 0 Å². The van der Waals surface area contributed by atoms with E-state index in [9.17, 15) is 9.18 Å².